The summed E-state index contributed by atoms with van der Waals surface area (Å²) in [5, 5.41) is 0. The first-order chi connectivity index (χ1) is 9.28. The molecule has 1 aliphatic carbocycles. The van der Waals surface area contributed by atoms with E-state index in [1.807, 2.05) is 12.3 Å². The van der Waals surface area contributed by atoms with Gasteiger partial charge in [-0.3, -0.25) is 4.98 Å². The molecule has 3 rings (SSSR count). The predicted octanol–water partition coefficient (Wildman–Crippen LogP) is 2.81. The Labute approximate surface area is 111 Å². The molecule has 4 nitrogen and oxygen atoms in total. The lowest BCUT2D eigenvalue weighted by atomic mass is 10.1. The standard InChI is InChI=1S/C15H14N2O2/c1-19-15(18)14-4-2-3-13(17-14)12-7-11(8-16-9-12)10-5-6-10/h2-4,7-10H,5-6H2,1H3. The number of nitrogens with zero attached hydrogens (tertiary/aromatic N) is 2. The van der Waals surface area contributed by atoms with E-state index < -0.39 is 5.97 Å². The Morgan fingerprint density at radius 3 is 2.89 bits per heavy atom. The molecule has 2 heterocycles. The minimum absolute atomic E-state index is 0.317. The van der Waals surface area contributed by atoms with Crippen LogP contribution in [0.3, 0.4) is 0 Å². The largest absolute Gasteiger partial charge is 0.464 e. The third kappa shape index (κ3) is 2.47. The number of pyridine rings is 2. The number of methoxy groups -OCH3 is 1. The van der Waals surface area contributed by atoms with Crippen molar-refractivity contribution in [3.63, 3.8) is 0 Å². The van der Waals surface area contributed by atoms with Gasteiger partial charge in [-0.25, -0.2) is 9.78 Å². The predicted molar refractivity (Wildman–Crippen MR) is 70.8 cm³/mol. The number of carbonyl (C=O) groups excluding carboxylic acids is 1. The molecule has 0 unspecified atom stereocenters. The van der Waals surface area contributed by atoms with E-state index in [0.717, 1.165) is 11.3 Å². The van der Waals surface area contributed by atoms with Crippen molar-refractivity contribution in [2.75, 3.05) is 7.11 Å². The number of aromatic nitrogens is 2. The molecule has 1 aliphatic rings. The third-order valence-electron chi connectivity index (χ3n) is 3.25. The highest BCUT2D eigenvalue weighted by molar-refractivity contribution is 5.87. The van der Waals surface area contributed by atoms with E-state index in [-0.39, 0.29) is 0 Å². The van der Waals surface area contributed by atoms with Crippen LogP contribution in [0.4, 0.5) is 0 Å². The number of esters is 1. The fraction of sp³-hybridized carbons (Fsp3) is 0.267. The van der Waals surface area contributed by atoms with Crippen LogP contribution in [-0.2, 0) is 4.74 Å². The van der Waals surface area contributed by atoms with Gasteiger partial charge in [-0.1, -0.05) is 6.07 Å². The second-order valence-corrected chi connectivity index (χ2v) is 4.68. The molecule has 0 amide bonds. The maximum atomic E-state index is 11.5. The lowest BCUT2D eigenvalue weighted by molar-refractivity contribution is 0.0594. The zero-order valence-corrected chi connectivity index (χ0v) is 10.7. The summed E-state index contributed by atoms with van der Waals surface area (Å²) in [7, 11) is 1.35. The Morgan fingerprint density at radius 1 is 1.32 bits per heavy atom. The van der Waals surface area contributed by atoms with Gasteiger partial charge in [-0.2, -0.15) is 0 Å². The minimum atomic E-state index is -0.423. The highest BCUT2D eigenvalue weighted by Gasteiger charge is 2.24. The summed E-state index contributed by atoms with van der Waals surface area (Å²) in [5.74, 6) is 0.226. The molecule has 2 aromatic rings. The number of rotatable bonds is 3. The van der Waals surface area contributed by atoms with Crippen molar-refractivity contribution in [3.05, 3.63) is 47.9 Å². The lowest BCUT2D eigenvalue weighted by Gasteiger charge is -2.05. The van der Waals surface area contributed by atoms with Crippen molar-refractivity contribution < 1.29 is 9.53 Å². The van der Waals surface area contributed by atoms with Crippen LogP contribution in [0.15, 0.2) is 36.7 Å². The Balaban J connectivity index is 1.97. The van der Waals surface area contributed by atoms with Crippen molar-refractivity contribution in [1.82, 2.24) is 9.97 Å². The molecule has 0 bridgehead atoms. The van der Waals surface area contributed by atoms with Gasteiger partial charge >= 0.3 is 5.97 Å². The van der Waals surface area contributed by atoms with Crippen molar-refractivity contribution in [2.24, 2.45) is 0 Å². The maximum Gasteiger partial charge on any atom is 0.356 e. The average molecular weight is 254 g/mol. The van der Waals surface area contributed by atoms with Crippen LogP contribution < -0.4 is 0 Å². The summed E-state index contributed by atoms with van der Waals surface area (Å²) in [6.45, 7) is 0. The van der Waals surface area contributed by atoms with Crippen molar-refractivity contribution in [1.29, 1.82) is 0 Å². The Kier molecular flexibility index (Phi) is 2.99. The van der Waals surface area contributed by atoms with Crippen molar-refractivity contribution >= 4 is 5.97 Å². The molecule has 0 radical (unpaired) electrons. The minimum Gasteiger partial charge on any atom is -0.464 e. The second-order valence-electron chi connectivity index (χ2n) is 4.68. The van der Waals surface area contributed by atoms with E-state index in [1.54, 1.807) is 18.3 Å². The summed E-state index contributed by atoms with van der Waals surface area (Å²) < 4.78 is 4.68. The zero-order valence-electron chi connectivity index (χ0n) is 10.7. The first-order valence-corrected chi connectivity index (χ1v) is 6.28. The van der Waals surface area contributed by atoms with Crippen molar-refractivity contribution in [3.8, 4) is 11.3 Å². The summed E-state index contributed by atoms with van der Waals surface area (Å²) in [6, 6.07) is 7.43. The Morgan fingerprint density at radius 2 is 2.16 bits per heavy atom. The molecule has 0 N–H and O–H groups in total. The Hall–Kier alpha value is -2.23. The lowest BCUT2D eigenvalue weighted by Crippen LogP contribution is -2.04. The molecule has 1 fully saturated rings. The van der Waals surface area contributed by atoms with Gasteiger partial charge in [-0.05, 0) is 42.5 Å². The fourth-order valence-electron chi connectivity index (χ4n) is 2.05. The second kappa shape index (κ2) is 4.80. The van der Waals surface area contributed by atoms with E-state index in [0.29, 0.717) is 11.6 Å². The van der Waals surface area contributed by atoms with Gasteiger partial charge in [0.15, 0.2) is 0 Å². The molecule has 0 spiro atoms. The van der Waals surface area contributed by atoms with Crippen molar-refractivity contribution in [2.45, 2.75) is 18.8 Å². The van der Waals surface area contributed by atoms with Gasteiger partial charge < -0.3 is 4.74 Å². The molecular weight excluding hydrogens is 240 g/mol. The molecule has 0 aromatic carbocycles. The van der Waals surface area contributed by atoms with Gasteiger partial charge in [0.2, 0.25) is 0 Å². The monoisotopic (exact) mass is 254 g/mol. The summed E-state index contributed by atoms with van der Waals surface area (Å²) in [4.78, 5) is 20.1. The molecular formula is C15H14N2O2. The molecule has 0 aliphatic heterocycles. The summed E-state index contributed by atoms with van der Waals surface area (Å²) >= 11 is 0. The van der Waals surface area contributed by atoms with E-state index in [1.165, 1.54) is 25.5 Å². The molecule has 4 heteroatoms. The van der Waals surface area contributed by atoms with Crippen LogP contribution in [0.2, 0.25) is 0 Å². The highest BCUT2D eigenvalue weighted by Crippen LogP contribution is 2.40. The van der Waals surface area contributed by atoms with Gasteiger partial charge in [0.25, 0.3) is 0 Å². The molecule has 0 saturated heterocycles. The number of hydrogen-bond donors (Lipinski definition) is 0. The molecule has 1 saturated carbocycles. The van der Waals surface area contributed by atoms with Gasteiger partial charge in [0.05, 0.1) is 12.8 Å². The summed E-state index contributed by atoms with van der Waals surface area (Å²) in [6.07, 6.45) is 6.15. The van der Waals surface area contributed by atoms with Gasteiger partial charge in [0, 0.05) is 18.0 Å². The smallest absolute Gasteiger partial charge is 0.356 e. The zero-order chi connectivity index (χ0) is 13.2. The molecule has 96 valence electrons. The molecule has 0 atom stereocenters. The van der Waals surface area contributed by atoms with E-state index >= 15 is 0 Å². The van der Waals surface area contributed by atoms with Crippen LogP contribution in [0.5, 0.6) is 0 Å². The van der Waals surface area contributed by atoms with Gasteiger partial charge in [0.1, 0.15) is 5.69 Å². The van der Waals surface area contributed by atoms with Crippen LogP contribution >= 0.6 is 0 Å². The SMILES string of the molecule is COC(=O)c1cccc(-c2cncc(C3CC3)c2)n1. The molecule has 2 aromatic heterocycles. The number of carbonyl (C=O) groups is 1. The fourth-order valence-corrected chi connectivity index (χ4v) is 2.05. The van der Waals surface area contributed by atoms with E-state index in [4.69, 9.17) is 0 Å². The molecule has 19 heavy (non-hydrogen) atoms. The highest BCUT2D eigenvalue weighted by atomic mass is 16.5. The van der Waals surface area contributed by atoms with Crippen LogP contribution in [0.25, 0.3) is 11.3 Å². The van der Waals surface area contributed by atoms with Crippen LogP contribution in [0.1, 0.15) is 34.8 Å². The van der Waals surface area contributed by atoms with E-state index in [2.05, 4.69) is 20.8 Å². The quantitative estimate of drug-likeness (QED) is 0.790. The van der Waals surface area contributed by atoms with Crippen LogP contribution in [0, 0.1) is 0 Å². The van der Waals surface area contributed by atoms with E-state index in [9.17, 15) is 4.79 Å². The first kappa shape index (κ1) is 11.8. The number of ether oxygens (including phenoxy) is 1. The topological polar surface area (TPSA) is 52.1 Å². The summed E-state index contributed by atoms with van der Waals surface area (Å²) in [5.41, 5.74) is 3.26. The average Bonchev–Trinajstić information content (AvgIpc) is 3.31. The maximum absolute atomic E-state index is 11.5. The third-order valence-corrected chi connectivity index (χ3v) is 3.25. The Bertz CT molecular complexity index is 621. The first-order valence-electron chi connectivity index (χ1n) is 6.28. The van der Waals surface area contributed by atoms with Crippen LogP contribution in [-0.4, -0.2) is 23.0 Å². The number of hydrogen-bond acceptors (Lipinski definition) is 4. The normalized spacial score (nSPS) is 14.2. The van der Waals surface area contributed by atoms with Gasteiger partial charge in [-0.15, -0.1) is 0 Å².